The van der Waals surface area contributed by atoms with Gasteiger partial charge in [-0.25, -0.2) is 0 Å². The van der Waals surface area contributed by atoms with Crippen molar-refractivity contribution in [3.8, 4) is 11.5 Å². The zero-order chi connectivity index (χ0) is 23.8. The number of nitrogens with zero attached hydrogens (tertiary/aromatic N) is 2. The van der Waals surface area contributed by atoms with Crippen LogP contribution in [0.2, 0.25) is 5.02 Å². The third-order valence-electron chi connectivity index (χ3n) is 4.99. The maximum absolute atomic E-state index is 12.7. The average molecular weight is 490 g/mol. The highest BCUT2D eigenvalue weighted by Crippen LogP contribution is 2.33. The first-order chi connectivity index (χ1) is 15.9. The predicted octanol–water partition coefficient (Wildman–Crippen LogP) is 2.99. The number of amides is 1. The van der Waals surface area contributed by atoms with Gasteiger partial charge in [0.15, 0.2) is 5.75 Å². The molecule has 176 valence electrons. The molecule has 3 rings (SSSR count). The summed E-state index contributed by atoms with van der Waals surface area (Å²) < 4.78 is 11.3. The highest BCUT2D eigenvalue weighted by Gasteiger charge is 2.25. The van der Waals surface area contributed by atoms with Gasteiger partial charge in [0.2, 0.25) is 0 Å². The van der Waals surface area contributed by atoms with Crippen molar-refractivity contribution >= 4 is 40.4 Å². The van der Waals surface area contributed by atoms with Crippen LogP contribution in [0, 0.1) is 0 Å². The molecule has 0 atom stereocenters. The normalized spacial score (nSPS) is 13.5. The minimum Gasteiger partial charge on any atom is -0.493 e. The second-order valence-electron chi connectivity index (χ2n) is 7.62. The van der Waals surface area contributed by atoms with Gasteiger partial charge in [-0.15, -0.1) is 0 Å². The molecule has 1 aliphatic rings. The number of nitrogens with one attached hydrogen (secondary N) is 3. The van der Waals surface area contributed by atoms with Gasteiger partial charge < -0.3 is 30.3 Å². The number of carbonyl (C=O) groups excluding carboxylic acids is 1. The SMILES string of the molecule is COc1c(Cl)cccc1NC(=S)C1=C(NCc2ccncc2OCCN(C)C)CCNC1=O. The van der Waals surface area contributed by atoms with Gasteiger partial charge in [0.25, 0.3) is 5.91 Å². The molecule has 0 aliphatic carbocycles. The molecular formula is C23H28ClN5O3S. The summed E-state index contributed by atoms with van der Waals surface area (Å²) in [5.74, 6) is 0.933. The Labute approximate surface area is 204 Å². The molecule has 2 aromatic rings. The van der Waals surface area contributed by atoms with Crippen molar-refractivity contribution < 1.29 is 14.3 Å². The standard InChI is InChI=1S/C23H28ClN5O3S/c1-29(2)11-12-32-19-14-25-9-7-15(19)13-27-17-8-10-26-22(30)20(17)23(33)28-18-6-4-5-16(24)21(18)31-3/h4-7,9,14,27H,8,10-13H2,1-3H3,(H,26,30)(H,28,33). The molecule has 10 heteroatoms. The van der Waals surface area contributed by atoms with E-state index in [1.54, 1.807) is 30.6 Å². The van der Waals surface area contributed by atoms with Gasteiger partial charge in [-0.1, -0.05) is 29.9 Å². The van der Waals surface area contributed by atoms with E-state index in [-0.39, 0.29) is 10.9 Å². The molecule has 33 heavy (non-hydrogen) atoms. The van der Waals surface area contributed by atoms with E-state index in [0.29, 0.717) is 53.9 Å². The minimum absolute atomic E-state index is 0.237. The van der Waals surface area contributed by atoms with Gasteiger partial charge in [0, 0.05) is 43.5 Å². The summed E-state index contributed by atoms with van der Waals surface area (Å²) in [4.78, 5) is 19.2. The second-order valence-corrected chi connectivity index (χ2v) is 8.44. The van der Waals surface area contributed by atoms with Crippen molar-refractivity contribution in [2.45, 2.75) is 13.0 Å². The molecule has 8 nitrogen and oxygen atoms in total. The Kier molecular flexibility index (Phi) is 8.87. The van der Waals surface area contributed by atoms with Crippen molar-refractivity contribution in [1.29, 1.82) is 0 Å². The summed E-state index contributed by atoms with van der Waals surface area (Å²) in [5, 5.41) is 9.79. The van der Waals surface area contributed by atoms with E-state index in [0.717, 1.165) is 17.8 Å². The van der Waals surface area contributed by atoms with Gasteiger partial charge in [0.05, 0.1) is 29.6 Å². The largest absolute Gasteiger partial charge is 0.493 e. The molecule has 0 saturated heterocycles. The molecule has 1 aromatic carbocycles. The number of para-hydroxylation sites is 1. The molecule has 0 fully saturated rings. The van der Waals surface area contributed by atoms with Crippen LogP contribution in [0.4, 0.5) is 5.69 Å². The van der Waals surface area contributed by atoms with E-state index in [1.807, 2.05) is 20.2 Å². The zero-order valence-corrected chi connectivity index (χ0v) is 20.5. The van der Waals surface area contributed by atoms with Gasteiger partial charge >= 0.3 is 0 Å². The van der Waals surface area contributed by atoms with Crippen LogP contribution in [0.1, 0.15) is 12.0 Å². The fraction of sp³-hybridized carbons (Fsp3) is 0.348. The van der Waals surface area contributed by atoms with E-state index >= 15 is 0 Å². The molecule has 1 aromatic heterocycles. The quantitative estimate of drug-likeness (QED) is 0.439. The predicted molar refractivity (Wildman–Crippen MR) is 134 cm³/mol. The summed E-state index contributed by atoms with van der Waals surface area (Å²) in [6.45, 7) is 2.34. The number of carbonyl (C=O) groups is 1. The number of ether oxygens (including phenoxy) is 2. The maximum atomic E-state index is 12.7. The maximum Gasteiger partial charge on any atom is 0.256 e. The third-order valence-corrected chi connectivity index (χ3v) is 5.60. The van der Waals surface area contributed by atoms with Crippen LogP contribution < -0.4 is 25.4 Å². The van der Waals surface area contributed by atoms with Gasteiger partial charge in [-0.05, 0) is 32.3 Å². The Morgan fingerprint density at radius 1 is 1.33 bits per heavy atom. The molecule has 1 amide bonds. The van der Waals surface area contributed by atoms with Crippen LogP contribution >= 0.6 is 23.8 Å². The summed E-state index contributed by atoms with van der Waals surface area (Å²) >= 11 is 11.8. The van der Waals surface area contributed by atoms with Crippen LogP contribution in [0.5, 0.6) is 11.5 Å². The van der Waals surface area contributed by atoms with Crippen molar-refractivity contribution in [3.05, 3.63) is 58.5 Å². The molecule has 1 aliphatic heterocycles. The lowest BCUT2D eigenvalue weighted by Crippen LogP contribution is -2.39. The molecular weight excluding hydrogens is 462 g/mol. The number of anilines is 1. The van der Waals surface area contributed by atoms with Crippen LogP contribution in [0.25, 0.3) is 0 Å². The number of halogens is 1. The average Bonchev–Trinajstić information content (AvgIpc) is 2.78. The number of hydrogen-bond acceptors (Lipinski definition) is 7. The van der Waals surface area contributed by atoms with Gasteiger partial charge in [-0.2, -0.15) is 0 Å². The number of hydrogen-bond donors (Lipinski definition) is 3. The van der Waals surface area contributed by atoms with Crippen LogP contribution in [0.3, 0.4) is 0 Å². The molecule has 0 bridgehead atoms. The van der Waals surface area contributed by atoms with Crippen molar-refractivity contribution in [1.82, 2.24) is 20.5 Å². The number of benzene rings is 1. The Hall–Kier alpha value is -2.88. The Bertz CT molecular complexity index is 1040. The first kappa shape index (κ1) is 24.8. The molecule has 2 heterocycles. The summed E-state index contributed by atoms with van der Waals surface area (Å²) in [6, 6.07) is 7.20. The lowest BCUT2D eigenvalue weighted by atomic mass is 10.1. The minimum atomic E-state index is -0.237. The first-order valence-corrected chi connectivity index (χ1v) is 11.3. The highest BCUT2D eigenvalue weighted by atomic mass is 35.5. The van der Waals surface area contributed by atoms with E-state index in [9.17, 15) is 4.79 Å². The molecule has 3 N–H and O–H groups in total. The van der Waals surface area contributed by atoms with Crippen molar-refractivity contribution in [2.24, 2.45) is 0 Å². The molecule has 0 unspecified atom stereocenters. The van der Waals surface area contributed by atoms with E-state index in [2.05, 4.69) is 25.8 Å². The topological polar surface area (TPSA) is 87.8 Å². The fourth-order valence-electron chi connectivity index (χ4n) is 3.29. The number of rotatable bonds is 10. The number of pyridine rings is 1. The number of likely N-dealkylation sites (N-methyl/N-ethyl adjacent to an activating group) is 1. The Morgan fingerprint density at radius 2 is 2.15 bits per heavy atom. The van der Waals surface area contributed by atoms with Crippen LogP contribution in [-0.2, 0) is 11.3 Å². The number of methoxy groups -OCH3 is 1. The number of thiocarbonyl (C=S) groups is 1. The van der Waals surface area contributed by atoms with E-state index < -0.39 is 0 Å². The lowest BCUT2D eigenvalue weighted by Gasteiger charge is -2.24. The lowest BCUT2D eigenvalue weighted by molar-refractivity contribution is -0.117. The monoisotopic (exact) mass is 489 g/mol. The van der Waals surface area contributed by atoms with Gasteiger partial charge in [0.1, 0.15) is 17.3 Å². The Morgan fingerprint density at radius 3 is 2.91 bits per heavy atom. The fourth-order valence-corrected chi connectivity index (χ4v) is 3.87. The van der Waals surface area contributed by atoms with Crippen molar-refractivity contribution in [2.75, 3.05) is 46.2 Å². The smallest absolute Gasteiger partial charge is 0.256 e. The number of aromatic nitrogens is 1. The van der Waals surface area contributed by atoms with E-state index in [1.165, 1.54) is 7.11 Å². The molecule has 0 radical (unpaired) electrons. The molecule has 0 spiro atoms. The molecule has 0 saturated carbocycles. The summed E-state index contributed by atoms with van der Waals surface area (Å²) in [5.41, 5.74) is 2.68. The summed E-state index contributed by atoms with van der Waals surface area (Å²) in [7, 11) is 5.52. The van der Waals surface area contributed by atoms with Crippen molar-refractivity contribution in [3.63, 3.8) is 0 Å². The van der Waals surface area contributed by atoms with E-state index in [4.69, 9.17) is 33.3 Å². The summed E-state index contributed by atoms with van der Waals surface area (Å²) in [6.07, 6.45) is 4.04. The zero-order valence-electron chi connectivity index (χ0n) is 18.9. The van der Waals surface area contributed by atoms with Gasteiger partial charge in [-0.3, -0.25) is 9.78 Å². The third kappa shape index (κ3) is 6.56. The second kappa shape index (κ2) is 11.8. The Balaban J connectivity index is 1.78. The highest BCUT2D eigenvalue weighted by molar-refractivity contribution is 7.81. The van der Waals surface area contributed by atoms with Crippen LogP contribution in [0.15, 0.2) is 47.9 Å². The first-order valence-electron chi connectivity index (χ1n) is 10.5. The van der Waals surface area contributed by atoms with Crippen LogP contribution in [-0.4, -0.2) is 61.7 Å².